The Kier molecular flexibility index (Phi) is 5.86. The van der Waals surface area contributed by atoms with Crippen LogP contribution in [0.1, 0.15) is 12.5 Å². The number of halogens is 1. The summed E-state index contributed by atoms with van der Waals surface area (Å²) in [6, 6.07) is 5.97. The summed E-state index contributed by atoms with van der Waals surface area (Å²) < 4.78 is 7.49. The second-order valence-corrected chi connectivity index (χ2v) is 5.06. The summed E-state index contributed by atoms with van der Waals surface area (Å²) in [6.45, 7) is 5.66. The molecule has 2 rings (SSSR count). The molecule has 0 aliphatic carbocycles. The van der Waals surface area contributed by atoms with E-state index in [4.69, 9.17) is 21.4 Å². The van der Waals surface area contributed by atoms with Crippen molar-refractivity contribution >= 4 is 22.5 Å². The normalized spacial score (nSPS) is 11.3. The van der Waals surface area contributed by atoms with Crippen molar-refractivity contribution in [3.05, 3.63) is 35.0 Å². The fourth-order valence-electron chi connectivity index (χ4n) is 2.26. The van der Waals surface area contributed by atoms with E-state index in [1.807, 2.05) is 12.1 Å². The number of aliphatic hydroxyl groups is 1. The van der Waals surface area contributed by atoms with Crippen LogP contribution in [-0.2, 0) is 17.8 Å². The Labute approximate surface area is 124 Å². The molecular weight excluding hydrogens is 276 g/mol. The van der Waals surface area contributed by atoms with E-state index in [1.54, 1.807) is 0 Å². The Balaban J connectivity index is 2.20. The highest BCUT2D eigenvalue weighted by Gasteiger charge is 2.08. The van der Waals surface area contributed by atoms with Gasteiger partial charge in [-0.05, 0) is 24.2 Å². The number of rotatable bonds is 8. The van der Waals surface area contributed by atoms with Crippen molar-refractivity contribution in [1.29, 1.82) is 0 Å². The Morgan fingerprint density at radius 2 is 2.20 bits per heavy atom. The average molecular weight is 297 g/mol. The molecule has 2 N–H and O–H groups in total. The van der Waals surface area contributed by atoms with Gasteiger partial charge >= 0.3 is 0 Å². The zero-order valence-corrected chi connectivity index (χ0v) is 12.5. The third-order valence-electron chi connectivity index (χ3n) is 3.20. The van der Waals surface area contributed by atoms with Gasteiger partial charge in [0, 0.05) is 35.2 Å². The molecule has 5 heteroatoms. The molecule has 1 aromatic carbocycles. The van der Waals surface area contributed by atoms with E-state index in [2.05, 4.69) is 29.1 Å². The number of nitrogens with one attached hydrogen (secondary N) is 1. The molecule has 0 bridgehead atoms. The highest BCUT2D eigenvalue weighted by atomic mass is 35.5. The zero-order chi connectivity index (χ0) is 14.4. The highest BCUT2D eigenvalue weighted by Crippen LogP contribution is 2.24. The van der Waals surface area contributed by atoms with Crippen molar-refractivity contribution in [3.8, 4) is 0 Å². The first-order valence-electron chi connectivity index (χ1n) is 6.93. The minimum atomic E-state index is 0.0594. The van der Waals surface area contributed by atoms with Crippen LogP contribution in [-0.4, -0.2) is 36.0 Å². The summed E-state index contributed by atoms with van der Waals surface area (Å²) in [7, 11) is 0. The van der Waals surface area contributed by atoms with Gasteiger partial charge in [0.1, 0.15) is 0 Å². The van der Waals surface area contributed by atoms with Gasteiger partial charge in [-0.25, -0.2) is 0 Å². The van der Waals surface area contributed by atoms with Gasteiger partial charge in [-0.2, -0.15) is 0 Å². The van der Waals surface area contributed by atoms with Crippen molar-refractivity contribution in [2.45, 2.75) is 20.0 Å². The number of hydrogen-bond donors (Lipinski definition) is 2. The summed E-state index contributed by atoms with van der Waals surface area (Å²) in [6.07, 6.45) is 2.14. The molecule has 4 nitrogen and oxygen atoms in total. The van der Waals surface area contributed by atoms with Gasteiger partial charge in [0.15, 0.2) is 0 Å². The SMILES string of the molecule is CCNCc1cn(CCOCCO)c2cc(Cl)ccc12. The minimum Gasteiger partial charge on any atom is -0.394 e. The third kappa shape index (κ3) is 3.73. The number of fused-ring (bicyclic) bond motifs is 1. The molecule has 0 aliphatic heterocycles. The van der Waals surface area contributed by atoms with Crippen LogP contribution in [0.5, 0.6) is 0 Å². The van der Waals surface area contributed by atoms with Gasteiger partial charge in [-0.3, -0.25) is 0 Å². The number of aromatic nitrogens is 1. The summed E-state index contributed by atoms with van der Waals surface area (Å²) in [5.41, 5.74) is 2.39. The lowest BCUT2D eigenvalue weighted by atomic mass is 10.2. The second kappa shape index (κ2) is 7.64. The molecule has 0 atom stereocenters. The molecule has 2 aromatic rings. The summed E-state index contributed by atoms with van der Waals surface area (Å²) in [5.74, 6) is 0. The molecule has 0 aliphatic rings. The molecule has 0 unspecified atom stereocenters. The number of nitrogens with zero attached hydrogens (tertiary/aromatic N) is 1. The van der Waals surface area contributed by atoms with Gasteiger partial charge in [0.2, 0.25) is 0 Å². The number of hydrogen-bond acceptors (Lipinski definition) is 3. The second-order valence-electron chi connectivity index (χ2n) is 4.63. The predicted octanol–water partition coefficient (Wildman–Crippen LogP) is 2.41. The molecule has 110 valence electrons. The largest absolute Gasteiger partial charge is 0.394 e. The number of ether oxygens (including phenoxy) is 1. The van der Waals surface area contributed by atoms with Crippen LogP contribution in [0.3, 0.4) is 0 Å². The molecule has 0 saturated heterocycles. The topological polar surface area (TPSA) is 46.4 Å². The van der Waals surface area contributed by atoms with E-state index in [0.717, 1.165) is 30.2 Å². The standard InChI is InChI=1S/C15H21ClN2O2/c1-2-17-10-12-11-18(5-7-20-8-6-19)15-9-13(16)3-4-14(12)15/h3-4,9,11,17,19H,2,5-8,10H2,1H3. The zero-order valence-electron chi connectivity index (χ0n) is 11.7. The number of benzene rings is 1. The minimum absolute atomic E-state index is 0.0594. The van der Waals surface area contributed by atoms with E-state index < -0.39 is 0 Å². The van der Waals surface area contributed by atoms with Crippen LogP contribution >= 0.6 is 11.6 Å². The molecule has 1 heterocycles. The van der Waals surface area contributed by atoms with Crippen molar-refractivity contribution < 1.29 is 9.84 Å². The summed E-state index contributed by atoms with van der Waals surface area (Å²) >= 11 is 6.09. The molecular formula is C15H21ClN2O2. The molecule has 0 spiro atoms. The molecule has 20 heavy (non-hydrogen) atoms. The maximum absolute atomic E-state index is 8.72. The van der Waals surface area contributed by atoms with Crippen molar-refractivity contribution in [2.75, 3.05) is 26.4 Å². The Hall–Kier alpha value is -1.07. The van der Waals surface area contributed by atoms with E-state index in [1.165, 1.54) is 10.9 Å². The summed E-state index contributed by atoms with van der Waals surface area (Å²) in [5, 5.41) is 14.0. The van der Waals surface area contributed by atoms with Crippen molar-refractivity contribution in [3.63, 3.8) is 0 Å². The van der Waals surface area contributed by atoms with Gasteiger partial charge in [-0.15, -0.1) is 0 Å². The highest BCUT2D eigenvalue weighted by molar-refractivity contribution is 6.31. The quantitative estimate of drug-likeness (QED) is 0.736. The van der Waals surface area contributed by atoms with Crippen molar-refractivity contribution in [2.24, 2.45) is 0 Å². The molecule has 0 fully saturated rings. The first-order chi connectivity index (χ1) is 9.76. The monoisotopic (exact) mass is 296 g/mol. The van der Waals surface area contributed by atoms with E-state index in [9.17, 15) is 0 Å². The molecule has 1 aromatic heterocycles. The van der Waals surface area contributed by atoms with E-state index in [0.29, 0.717) is 13.2 Å². The fourth-order valence-corrected chi connectivity index (χ4v) is 2.42. The van der Waals surface area contributed by atoms with Gasteiger partial charge in [-0.1, -0.05) is 24.6 Å². The maximum Gasteiger partial charge on any atom is 0.0698 e. The predicted molar refractivity (Wildman–Crippen MR) is 82.2 cm³/mol. The molecule has 0 amide bonds. The maximum atomic E-state index is 8.72. The summed E-state index contributed by atoms with van der Waals surface area (Å²) in [4.78, 5) is 0. The van der Waals surface area contributed by atoms with Gasteiger partial charge < -0.3 is 19.7 Å². The first kappa shape index (κ1) is 15.3. The lowest BCUT2D eigenvalue weighted by Crippen LogP contribution is -2.11. The van der Waals surface area contributed by atoms with Crippen LogP contribution in [0.15, 0.2) is 24.4 Å². The number of aliphatic hydroxyl groups excluding tert-OH is 1. The Morgan fingerprint density at radius 3 is 2.95 bits per heavy atom. The Bertz CT molecular complexity index is 554. The van der Waals surface area contributed by atoms with Crippen LogP contribution in [0.2, 0.25) is 5.02 Å². The van der Waals surface area contributed by atoms with Crippen LogP contribution in [0, 0.1) is 0 Å². The smallest absolute Gasteiger partial charge is 0.0698 e. The molecule has 0 radical (unpaired) electrons. The first-order valence-corrected chi connectivity index (χ1v) is 7.30. The van der Waals surface area contributed by atoms with Gasteiger partial charge in [0.05, 0.1) is 19.8 Å². The van der Waals surface area contributed by atoms with Crippen molar-refractivity contribution in [1.82, 2.24) is 9.88 Å². The fraction of sp³-hybridized carbons (Fsp3) is 0.467. The lowest BCUT2D eigenvalue weighted by molar-refractivity contribution is 0.0875. The van der Waals surface area contributed by atoms with Crippen LogP contribution in [0.4, 0.5) is 0 Å². The lowest BCUT2D eigenvalue weighted by Gasteiger charge is -2.06. The Morgan fingerprint density at radius 1 is 1.35 bits per heavy atom. The molecule has 0 saturated carbocycles. The third-order valence-corrected chi connectivity index (χ3v) is 3.44. The van der Waals surface area contributed by atoms with Crippen LogP contribution in [0.25, 0.3) is 10.9 Å². The van der Waals surface area contributed by atoms with E-state index >= 15 is 0 Å². The van der Waals surface area contributed by atoms with E-state index in [-0.39, 0.29) is 6.61 Å². The van der Waals surface area contributed by atoms with Crippen LogP contribution < -0.4 is 5.32 Å². The van der Waals surface area contributed by atoms with Gasteiger partial charge in [0.25, 0.3) is 0 Å². The average Bonchev–Trinajstić information content (AvgIpc) is 2.79.